The van der Waals surface area contributed by atoms with Crippen molar-refractivity contribution in [1.82, 2.24) is 4.72 Å². The van der Waals surface area contributed by atoms with Crippen LogP contribution in [0.1, 0.15) is 22.3 Å². The summed E-state index contributed by atoms with van der Waals surface area (Å²) in [7, 11) is -3.71. The number of ether oxygens (including phenoxy) is 1. The average Bonchev–Trinajstić information content (AvgIpc) is 2.61. The van der Waals surface area contributed by atoms with Crippen LogP contribution in [-0.2, 0) is 21.4 Å². The van der Waals surface area contributed by atoms with Crippen molar-refractivity contribution < 1.29 is 17.9 Å². The molecule has 0 spiro atoms. The number of hydrogen-bond acceptors (Lipinski definition) is 5. The molecule has 0 atom stereocenters. The number of nitrogens with one attached hydrogen (secondary N) is 1. The van der Waals surface area contributed by atoms with Gasteiger partial charge in [0, 0.05) is 23.6 Å². The molecule has 0 bridgehead atoms. The molecule has 0 amide bonds. The van der Waals surface area contributed by atoms with Gasteiger partial charge < -0.3 is 4.74 Å². The van der Waals surface area contributed by atoms with Gasteiger partial charge in [-0.05, 0) is 30.3 Å². The fraction of sp³-hybridized carbons (Fsp3) is 0.176. The molecule has 0 aliphatic carbocycles. The van der Waals surface area contributed by atoms with Crippen LogP contribution in [0.3, 0.4) is 0 Å². The summed E-state index contributed by atoms with van der Waals surface area (Å²) in [6.07, 6.45) is 0.0751. The summed E-state index contributed by atoms with van der Waals surface area (Å²) in [5, 5.41) is 8.94. The van der Waals surface area contributed by atoms with Gasteiger partial charge in [0.1, 0.15) is 6.61 Å². The highest BCUT2D eigenvalue weighted by molar-refractivity contribution is 7.89. The van der Waals surface area contributed by atoms with Gasteiger partial charge in [-0.3, -0.25) is 0 Å². The molecule has 1 N–H and O–H groups in total. The molecule has 6 nitrogen and oxygen atoms in total. The number of sulfonamides is 1. The van der Waals surface area contributed by atoms with Gasteiger partial charge in [0.25, 0.3) is 0 Å². The maximum absolute atomic E-state index is 12.0. The van der Waals surface area contributed by atoms with Gasteiger partial charge in [-0.25, -0.2) is 17.9 Å². The van der Waals surface area contributed by atoms with E-state index in [-0.39, 0.29) is 30.0 Å². The van der Waals surface area contributed by atoms with Gasteiger partial charge >= 0.3 is 5.97 Å². The minimum atomic E-state index is -3.71. The first-order valence-corrected chi connectivity index (χ1v) is 9.17. The molecular formula is C17H15ClN2O4S. The van der Waals surface area contributed by atoms with E-state index in [1.807, 2.05) is 6.07 Å². The zero-order valence-electron chi connectivity index (χ0n) is 13.1. The van der Waals surface area contributed by atoms with E-state index in [0.717, 1.165) is 0 Å². The van der Waals surface area contributed by atoms with Crippen LogP contribution < -0.4 is 4.72 Å². The van der Waals surface area contributed by atoms with Crippen LogP contribution >= 0.6 is 11.6 Å². The van der Waals surface area contributed by atoms with Crippen molar-refractivity contribution in [2.45, 2.75) is 17.9 Å². The highest BCUT2D eigenvalue weighted by Gasteiger charge is 2.15. The molecule has 2 rings (SSSR count). The topological polar surface area (TPSA) is 96.3 Å². The number of halogens is 1. The van der Waals surface area contributed by atoms with Gasteiger partial charge in [0.2, 0.25) is 10.0 Å². The van der Waals surface area contributed by atoms with Crippen molar-refractivity contribution in [2.24, 2.45) is 0 Å². The van der Waals surface area contributed by atoms with E-state index in [9.17, 15) is 13.2 Å². The van der Waals surface area contributed by atoms with Crippen molar-refractivity contribution in [3.05, 3.63) is 64.7 Å². The highest BCUT2D eigenvalue weighted by Crippen LogP contribution is 2.17. The van der Waals surface area contributed by atoms with Crippen molar-refractivity contribution in [1.29, 1.82) is 5.26 Å². The van der Waals surface area contributed by atoms with E-state index < -0.39 is 16.0 Å². The zero-order valence-corrected chi connectivity index (χ0v) is 14.7. The second-order valence-electron chi connectivity index (χ2n) is 5.00. The molecule has 130 valence electrons. The lowest BCUT2D eigenvalue weighted by Crippen LogP contribution is -2.24. The predicted octanol–water partition coefficient (Wildman–Crippen LogP) is 2.89. The van der Waals surface area contributed by atoms with Crippen LogP contribution in [0, 0.1) is 11.3 Å². The lowest BCUT2D eigenvalue weighted by atomic mass is 10.2. The standard InChI is InChI=1S/C17H15ClN2O4S/c18-16-5-2-1-4-14(16)12-24-17(21)13-6-8-15(9-7-13)25(22,23)20-11-3-10-19/h1-2,4-9,20H,3,11-12H2. The smallest absolute Gasteiger partial charge is 0.338 e. The fourth-order valence-corrected chi connectivity index (χ4v) is 3.16. The molecule has 8 heteroatoms. The van der Waals surface area contributed by atoms with Crippen LogP contribution in [0.5, 0.6) is 0 Å². The Morgan fingerprint density at radius 1 is 1.16 bits per heavy atom. The van der Waals surface area contributed by atoms with E-state index >= 15 is 0 Å². The Hall–Kier alpha value is -2.40. The Labute approximate surface area is 151 Å². The molecule has 0 aromatic heterocycles. The summed E-state index contributed by atoms with van der Waals surface area (Å²) < 4.78 is 31.4. The lowest BCUT2D eigenvalue weighted by molar-refractivity contribution is 0.0472. The quantitative estimate of drug-likeness (QED) is 0.590. The van der Waals surface area contributed by atoms with Crippen molar-refractivity contribution in [3.63, 3.8) is 0 Å². The third kappa shape index (κ3) is 5.29. The van der Waals surface area contributed by atoms with E-state index in [1.165, 1.54) is 24.3 Å². The lowest BCUT2D eigenvalue weighted by Gasteiger charge is -2.08. The number of rotatable bonds is 7. The van der Waals surface area contributed by atoms with Crippen molar-refractivity contribution in [3.8, 4) is 6.07 Å². The van der Waals surface area contributed by atoms with E-state index in [4.69, 9.17) is 21.6 Å². The SMILES string of the molecule is N#CCCNS(=O)(=O)c1ccc(C(=O)OCc2ccccc2Cl)cc1. The predicted molar refractivity (Wildman–Crippen MR) is 92.4 cm³/mol. The summed E-state index contributed by atoms with van der Waals surface area (Å²) in [6, 6.07) is 14.2. The molecule has 0 saturated carbocycles. The highest BCUT2D eigenvalue weighted by atomic mass is 35.5. The number of benzene rings is 2. The first-order valence-electron chi connectivity index (χ1n) is 7.31. The number of nitriles is 1. The third-order valence-electron chi connectivity index (χ3n) is 3.25. The fourth-order valence-electron chi connectivity index (χ4n) is 1.94. The minimum absolute atomic E-state index is 0.00749. The molecule has 2 aromatic rings. The Morgan fingerprint density at radius 2 is 1.84 bits per heavy atom. The van der Waals surface area contributed by atoms with Crippen LogP contribution in [0.2, 0.25) is 5.02 Å². The first-order chi connectivity index (χ1) is 11.9. The van der Waals surface area contributed by atoms with Gasteiger partial charge in [0.15, 0.2) is 0 Å². The molecule has 0 heterocycles. The number of carbonyl (C=O) groups excluding carboxylic acids is 1. The van der Waals surface area contributed by atoms with Crippen LogP contribution in [-0.4, -0.2) is 20.9 Å². The van der Waals surface area contributed by atoms with Crippen LogP contribution in [0.4, 0.5) is 0 Å². The molecule has 0 aliphatic heterocycles. The number of nitrogens with zero attached hydrogens (tertiary/aromatic N) is 1. The van der Waals surface area contributed by atoms with Crippen molar-refractivity contribution in [2.75, 3.05) is 6.54 Å². The Kier molecular flexibility index (Phi) is 6.53. The maximum Gasteiger partial charge on any atom is 0.338 e. The van der Waals surface area contributed by atoms with Gasteiger partial charge in [0.05, 0.1) is 16.5 Å². The first kappa shape index (κ1) is 18.9. The molecular weight excluding hydrogens is 364 g/mol. The van der Waals surface area contributed by atoms with Crippen LogP contribution in [0.25, 0.3) is 0 Å². The summed E-state index contributed by atoms with van der Waals surface area (Å²) >= 11 is 5.99. The molecule has 25 heavy (non-hydrogen) atoms. The number of esters is 1. The molecule has 2 aromatic carbocycles. The summed E-state index contributed by atoms with van der Waals surface area (Å²) in [6.45, 7) is 0.0503. The Bertz CT molecular complexity index is 890. The number of carbonyl (C=O) groups is 1. The largest absolute Gasteiger partial charge is 0.457 e. The minimum Gasteiger partial charge on any atom is -0.457 e. The van der Waals surface area contributed by atoms with Crippen LogP contribution in [0.15, 0.2) is 53.4 Å². The Balaban J connectivity index is 2.00. The maximum atomic E-state index is 12.0. The average molecular weight is 379 g/mol. The van der Waals surface area contributed by atoms with E-state index in [0.29, 0.717) is 10.6 Å². The Morgan fingerprint density at radius 3 is 2.48 bits per heavy atom. The third-order valence-corrected chi connectivity index (χ3v) is 5.09. The molecule has 0 aliphatic rings. The van der Waals surface area contributed by atoms with Gasteiger partial charge in [-0.15, -0.1) is 0 Å². The van der Waals surface area contributed by atoms with Gasteiger partial charge in [-0.2, -0.15) is 5.26 Å². The summed E-state index contributed by atoms with van der Waals surface area (Å²) in [4.78, 5) is 12.0. The molecule has 0 radical (unpaired) electrons. The zero-order chi connectivity index (χ0) is 18.3. The van der Waals surface area contributed by atoms with E-state index in [2.05, 4.69) is 4.72 Å². The second kappa shape index (κ2) is 8.62. The normalized spacial score (nSPS) is 10.9. The molecule has 0 unspecified atom stereocenters. The monoisotopic (exact) mass is 378 g/mol. The second-order valence-corrected chi connectivity index (χ2v) is 7.17. The van der Waals surface area contributed by atoms with E-state index in [1.54, 1.807) is 24.3 Å². The van der Waals surface area contributed by atoms with Crippen molar-refractivity contribution >= 4 is 27.6 Å². The van der Waals surface area contributed by atoms with Gasteiger partial charge in [-0.1, -0.05) is 29.8 Å². The summed E-state index contributed by atoms with van der Waals surface area (Å²) in [5.41, 5.74) is 0.904. The number of hydrogen-bond donors (Lipinski definition) is 1. The summed E-state index contributed by atoms with van der Waals surface area (Å²) in [5.74, 6) is -0.582. The molecule has 0 fully saturated rings. The molecule has 0 saturated heterocycles.